The second-order valence-corrected chi connectivity index (χ2v) is 7.81. The summed E-state index contributed by atoms with van der Waals surface area (Å²) in [7, 11) is 0. The Hall–Kier alpha value is -1.88. The van der Waals surface area contributed by atoms with Crippen molar-refractivity contribution >= 4 is 17.5 Å². The summed E-state index contributed by atoms with van der Waals surface area (Å²) in [5, 5.41) is 4.08. The van der Waals surface area contributed by atoms with Crippen molar-refractivity contribution in [2.45, 2.75) is 24.9 Å². The van der Waals surface area contributed by atoms with Crippen LogP contribution in [0.1, 0.15) is 30.0 Å². The van der Waals surface area contributed by atoms with Crippen molar-refractivity contribution in [2.24, 2.45) is 0 Å². The SMILES string of the molecule is O=C(C1CCCN1)N1CCN(C(c2ccccc2)c2ccc(Cl)cc2)CC1. The summed E-state index contributed by atoms with van der Waals surface area (Å²) >= 11 is 6.10. The molecule has 0 spiro atoms. The standard InChI is InChI=1S/C22H26ClN3O/c23-19-10-8-18(9-11-19)21(17-5-2-1-3-6-17)25-13-15-26(16-14-25)22(27)20-7-4-12-24-20/h1-3,5-6,8-11,20-21,24H,4,7,12-16H2. The number of halogens is 1. The second kappa shape index (κ2) is 8.42. The third-order valence-corrected chi connectivity index (χ3v) is 5.90. The first-order chi connectivity index (χ1) is 13.2. The minimum Gasteiger partial charge on any atom is -0.339 e. The van der Waals surface area contributed by atoms with E-state index in [2.05, 4.69) is 46.6 Å². The van der Waals surface area contributed by atoms with E-state index in [1.54, 1.807) is 0 Å². The highest BCUT2D eigenvalue weighted by Gasteiger charge is 2.31. The van der Waals surface area contributed by atoms with Crippen LogP contribution in [0.25, 0.3) is 0 Å². The molecule has 0 aromatic heterocycles. The first-order valence-corrected chi connectivity index (χ1v) is 10.2. The molecule has 2 aromatic rings. The van der Waals surface area contributed by atoms with Gasteiger partial charge in [-0.3, -0.25) is 9.69 Å². The summed E-state index contributed by atoms with van der Waals surface area (Å²) in [6.45, 7) is 4.28. The number of piperazine rings is 1. The van der Waals surface area contributed by atoms with Crippen molar-refractivity contribution in [1.29, 1.82) is 0 Å². The number of hydrogen-bond acceptors (Lipinski definition) is 3. The van der Waals surface area contributed by atoms with Crippen LogP contribution < -0.4 is 5.32 Å². The van der Waals surface area contributed by atoms with E-state index < -0.39 is 0 Å². The quantitative estimate of drug-likeness (QED) is 0.879. The van der Waals surface area contributed by atoms with Crippen molar-refractivity contribution in [2.75, 3.05) is 32.7 Å². The molecule has 2 aliphatic rings. The lowest BCUT2D eigenvalue weighted by Gasteiger charge is -2.40. The summed E-state index contributed by atoms with van der Waals surface area (Å²) in [6, 6.07) is 18.9. The monoisotopic (exact) mass is 383 g/mol. The molecule has 1 N–H and O–H groups in total. The van der Waals surface area contributed by atoms with Crippen LogP contribution in [0.2, 0.25) is 5.02 Å². The Morgan fingerprint density at radius 2 is 1.63 bits per heavy atom. The van der Waals surface area contributed by atoms with Gasteiger partial charge in [-0.1, -0.05) is 54.1 Å². The highest BCUT2D eigenvalue weighted by atomic mass is 35.5. The van der Waals surface area contributed by atoms with E-state index in [9.17, 15) is 4.79 Å². The molecule has 1 amide bonds. The smallest absolute Gasteiger partial charge is 0.239 e. The number of benzene rings is 2. The second-order valence-electron chi connectivity index (χ2n) is 7.37. The third kappa shape index (κ3) is 4.18. The van der Waals surface area contributed by atoms with Crippen LogP contribution in [0, 0.1) is 0 Å². The average Bonchev–Trinajstić information content (AvgIpc) is 3.25. The Balaban J connectivity index is 1.50. The Morgan fingerprint density at radius 1 is 0.963 bits per heavy atom. The van der Waals surface area contributed by atoms with Crippen LogP contribution in [0.15, 0.2) is 54.6 Å². The van der Waals surface area contributed by atoms with E-state index in [0.29, 0.717) is 0 Å². The molecular formula is C22H26ClN3O. The highest BCUT2D eigenvalue weighted by Crippen LogP contribution is 2.30. The summed E-state index contributed by atoms with van der Waals surface area (Å²) < 4.78 is 0. The van der Waals surface area contributed by atoms with Crippen LogP contribution in [-0.2, 0) is 4.79 Å². The van der Waals surface area contributed by atoms with E-state index in [0.717, 1.165) is 50.6 Å². The Labute approximate surface area is 166 Å². The van der Waals surface area contributed by atoms with Crippen molar-refractivity contribution in [3.05, 3.63) is 70.7 Å². The number of nitrogens with zero attached hydrogens (tertiary/aromatic N) is 2. The molecule has 2 fully saturated rings. The van der Waals surface area contributed by atoms with Gasteiger partial charge in [0.1, 0.15) is 0 Å². The van der Waals surface area contributed by atoms with Crippen molar-refractivity contribution in [1.82, 2.24) is 15.1 Å². The maximum Gasteiger partial charge on any atom is 0.239 e. The fourth-order valence-electron chi connectivity index (χ4n) is 4.21. The van der Waals surface area contributed by atoms with Crippen LogP contribution in [0.5, 0.6) is 0 Å². The maximum atomic E-state index is 12.7. The highest BCUT2D eigenvalue weighted by molar-refractivity contribution is 6.30. The minimum atomic E-state index is 0.0257. The largest absolute Gasteiger partial charge is 0.339 e. The zero-order valence-electron chi connectivity index (χ0n) is 15.5. The molecule has 2 unspecified atom stereocenters. The van der Waals surface area contributed by atoms with Gasteiger partial charge in [0.2, 0.25) is 5.91 Å². The number of nitrogens with one attached hydrogen (secondary N) is 1. The van der Waals surface area contributed by atoms with Gasteiger partial charge in [-0.25, -0.2) is 0 Å². The van der Waals surface area contributed by atoms with Crippen LogP contribution in [-0.4, -0.2) is 54.5 Å². The average molecular weight is 384 g/mol. The van der Waals surface area contributed by atoms with Crippen LogP contribution >= 0.6 is 11.6 Å². The predicted octanol–water partition coefficient (Wildman–Crippen LogP) is 3.33. The summed E-state index contributed by atoms with van der Waals surface area (Å²) in [5.41, 5.74) is 2.51. The molecule has 0 bridgehead atoms. The fraction of sp³-hybridized carbons (Fsp3) is 0.409. The molecule has 2 heterocycles. The number of carbonyl (C=O) groups is 1. The van der Waals surface area contributed by atoms with Gasteiger partial charge < -0.3 is 10.2 Å². The van der Waals surface area contributed by atoms with Gasteiger partial charge in [0.05, 0.1) is 12.1 Å². The lowest BCUT2D eigenvalue weighted by atomic mass is 9.96. The topological polar surface area (TPSA) is 35.6 Å². The van der Waals surface area contributed by atoms with Gasteiger partial charge in [0.15, 0.2) is 0 Å². The molecule has 0 saturated carbocycles. The normalized spacial score (nSPS) is 22.0. The zero-order valence-corrected chi connectivity index (χ0v) is 16.2. The zero-order chi connectivity index (χ0) is 18.6. The van der Waals surface area contributed by atoms with Gasteiger partial charge in [-0.2, -0.15) is 0 Å². The number of carbonyl (C=O) groups excluding carboxylic acids is 1. The van der Waals surface area contributed by atoms with Crippen LogP contribution in [0.4, 0.5) is 0 Å². The van der Waals surface area contributed by atoms with Gasteiger partial charge in [0.25, 0.3) is 0 Å². The molecule has 2 atom stereocenters. The lowest BCUT2D eigenvalue weighted by Crippen LogP contribution is -2.53. The first kappa shape index (κ1) is 18.5. The van der Waals surface area contributed by atoms with E-state index in [4.69, 9.17) is 11.6 Å². The molecule has 142 valence electrons. The van der Waals surface area contributed by atoms with Crippen molar-refractivity contribution in [3.63, 3.8) is 0 Å². The lowest BCUT2D eigenvalue weighted by molar-refractivity contribution is -0.135. The van der Waals surface area contributed by atoms with Gasteiger partial charge in [0, 0.05) is 31.2 Å². The Kier molecular flexibility index (Phi) is 5.77. The molecule has 2 aliphatic heterocycles. The summed E-state index contributed by atoms with van der Waals surface area (Å²) in [5.74, 6) is 0.273. The number of amides is 1. The first-order valence-electron chi connectivity index (χ1n) is 9.79. The summed E-state index contributed by atoms with van der Waals surface area (Å²) in [6.07, 6.45) is 2.07. The summed E-state index contributed by atoms with van der Waals surface area (Å²) in [4.78, 5) is 17.2. The molecule has 4 rings (SSSR count). The predicted molar refractivity (Wildman–Crippen MR) is 109 cm³/mol. The molecule has 0 aliphatic carbocycles. The van der Waals surface area contributed by atoms with Gasteiger partial charge in [-0.15, -0.1) is 0 Å². The molecule has 2 saturated heterocycles. The molecule has 4 nitrogen and oxygen atoms in total. The van der Waals surface area contributed by atoms with E-state index in [-0.39, 0.29) is 18.0 Å². The Morgan fingerprint density at radius 3 is 2.26 bits per heavy atom. The molecular weight excluding hydrogens is 358 g/mol. The van der Waals surface area contributed by atoms with Crippen molar-refractivity contribution < 1.29 is 4.79 Å². The minimum absolute atomic E-state index is 0.0257. The maximum absolute atomic E-state index is 12.7. The molecule has 0 radical (unpaired) electrons. The third-order valence-electron chi connectivity index (χ3n) is 5.65. The van der Waals surface area contributed by atoms with Gasteiger partial charge >= 0.3 is 0 Å². The molecule has 27 heavy (non-hydrogen) atoms. The van der Waals surface area contributed by atoms with E-state index in [1.165, 1.54) is 11.1 Å². The fourth-order valence-corrected chi connectivity index (χ4v) is 4.34. The van der Waals surface area contributed by atoms with E-state index in [1.807, 2.05) is 23.1 Å². The number of hydrogen-bond donors (Lipinski definition) is 1. The Bertz CT molecular complexity index is 751. The molecule has 5 heteroatoms. The van der Waals surface area contributed by atoms with E-state index >= 15 is 0 Å². The molecule has 2 aromatic carbocycles. The van der Waals surface area contributed by atoms with Gasteiger partial charge in [-0.05, 0) is 42.6 Å². The number of rotatable bonds is 4. The van der Waals surface area contributed by atoms with Crippen molar-refractivity contribution in [3.8, 4) is 0 Å². The van der Waals surface area contributed by atoms with Crippen LogP contribution in [0.3, 0.4) is 0 Å².